The highest BCUT2D eigenvalue weighted by Crippen LogP contribution is 2.29. The quantitative estimate of drug-likeness (QED) is 0.247. The third-order valence-electron chi connectivity index (χ3n) is 3.28. The molecule has 1 amide bonds. The van der Waals surface area contributed by atoms with Crippen molar-refractivity contribution < 1.29 is 14.3 Å². The molecule has 1 unspecified atom stereocenters. The molecule has 0 aliphatic heterocycles. The van der Waals surface area contributed by atoms with Crippen LogP contribution in [0.4, 0.5) is 5.69 Å². The number of carbonyl (C=O) groups excluding carboxylic acids is 2. The van der Waals surface area contributed by atoms with Gasteiger partial charge in [0.05, 0.1) is 17.0 Å². The van der Waals surface area contributed by atoms with E-state index in [-0.39, 0.29) is 5.11 Å². The molecule has 0 aliphatic rings. The van der Waals surface area contributed by atoms with Gasteiger partial charge in [-0.2, -0.15) is 0 Å². The highest BCUT2D eigenvalue weighted by molar-refractivity contribution is 7.80. The van der Waals surface area contributed by atoms with Crippen LogP contribution in [0, 0.1) is 0 Å². The first-order valence-electron chi connectivity index (χ1n) is 7.96. The molecule has 3 N–H and O–H groups in total. The van der Waals surface area contributed by atoms with E-state index in [1.165, 1.54) is 11.3 Å². The summed E-state index contributed by atoms with van der Waals surface area (Å²) in [5.74, 6) is -0.817. The van der Waals surface area contributed by atoms with E-state index in [1.54, 1.807) is 48.7 Å². The van der Waals surface area contributed by atoms with E-state index in [4.69, 9.17) is 51.8 Å². The number of amides is 1. The van der Waals surface area contributed by atoms with Crippen molar-refractivity contribution in [3.8, 4) is 0 Å². The minimum Gasteiger partial charge on any atom is -0.462 e. The molecule has 0 aliphatic carbocycles. The van der Waals surface area contributed by atoms with Gasteiger partial charge in [0.2, 0.25) is 3.79 Å². The third-order valence-corrected chi connectivity index (χ3v) is 5.02. The highest BCUT2D eigenvalue weighted by Gasteiger charge is 2.35. The number of rotatable bonds is 6. The zero-order valence-electron chi connectivity index (χ0n) is 14.5. The Bertz CT molecular complexity index is 824. The zero-order valence-corrected chi connectivity index (χ0v) is 18.4. The van der Waals surface area contributed by atoms with Gasteiger partial charge >= 0.3 is 5.97 Å². The molecule has 1 heterocycles. The van der Waals surface area contributed by atoms with Gasteiger partial charge in [-0.3, -0.25) is 4.79 Å². The summed E-state index contributed by atoms with van der Waals surface area (Å²) in [4.78, 5) is 24.4. The van der Waals surface area contributed by atoms with Crippen molar-refractivity contribution >= 4 is 81.0 Å². The van der Waals surface area contributed by atoms with Gasteiger partial charge < -0.3 is 20.7 Å². The second-order valence-corrected chi connectivity index (χ2v) is 9.05. The Kier molecular flexibility index (Phi) is 8.33. The number of hydrogen-bond acceptors (Lipinski definition) is 5. The van der Waals surface area contributed by atoms with Gasteiger partial charge in [0.1, 0.15) is 6.17 Å². The summed E-state index contributed by atoms with van der Waals surface area (Å²) in [6.45, 7) is 2.03. The Balaban J connectivity index is 1.99. The first-order valence-corrected chi connectivity index (χ1v) is 10.4. The summed E-state index contributed by atoms with van der Waals surface area (Å²) >= 11 is 24.3. The van der Waals surface area contributed by atoms with Crippen molar-refractivity contribution in [3.63, 3.8) is 0 Å². The number of nitrogens with one attached hydrogen (secondary N) is 3. The largest absolute Gasteiger partial charge is 0.462 e. The molecule has 6 nitrogen and oxygen atoms in total. The lowest BCUT2D eigenvalue weighted by Crippen LogP contribution is -2.56. The number of ether oxygens (including phenoxy) is 1. The van der Waals surface area contributed by atoms with Crippen LogP contribution in [0.3, 0.4) is 0 Å². The van der Waals surface area contributed by atoms with Crippen LogP contribution < -0.4 is 16.0 Å². The lowest BCUT2D eigenvalue weighted by Gasteiger charge is -2.27. The predicted octanol–water partition coefficient (Wildman–Crippen LogP) is 4.34. The number of thiocarbonyl (C=S) groups is 1. The molecule has 2 aromatic rings. The third kappa shape index (κ3) is 6.79. The molecule has 28 heavy (non-hydrogen) atoms. The first kappa shape index (κ1) is 22.7. The van der Waals surface area contributed by atoms with Crippen LogP contribution in [0.2, 0.25) is 0 Å². The number of esters is 1. The molecule has 0 fully saturated rings. The van der Waals surface area contributed by atoms with E-state index < -0.39 is 21.8 Å². The molecule has 1 atom stereocenters. The van der Waals surface area contributed by atoms with Gasteiger partial charge in [0.25, 0.3) is 5.91 Å². The molecular formula is C17H16Cl3N3O3S2. The number of benzene rings is 1. The van der Waals surface area contributed by atoms with Crippen molar-refractivity contribution in [1.82, 2.24) is 10.6 Å². The van der Waals surface area contributed by atoms with Crippen molar-refractivity contribution in [2.45, 2.75) is 16.9 Å². The zero-order chi connectivity index (χ0) is 20.7. The van der Waals surface area contributed by atoms with E-state index in [9.17, 15) is 9.59 Å². The van der Waals surface area contributed by atoms with Crippen LogP contribution in [-0.2, 0) is 4.74 Å². The lowest BCUT2D eigenvalue weighted by molar-refractivity contribution is 0.0526. The van der Waals surface area contributed by atoms with Crippen LogP contribution in [-0.4, -0.2) is 33.6 Å². The maximum Gasteiger partial charge on any atom is 0.338 e. The molecule has 0 radical (unpaired) electrons. The fraction of sp³-hybridized carbons (Fsp3) is 0.235. The number of anilines is 1. The van der Waals surface area contributed by atoms with Crippen molar-refractivity contribution in [3.05, 3.63) is 52.2 Å². The fourth-order valence-electron chi connectivity index (χ4n) is 2.01. The smallest absolute Gasteiger partial charge is 0.338 e. The molecule has 0 spiro atoms. The van der Waals surface area contributed by atoms with E-state index in [2.05, 4.69) is 16.0 Å². The van der Waals surface area contributed by atoms with Gasteiger partial charge in [-0.25, -0.2) is 4.79 Å². The van der Waals surface area contributed by atoms with Crippen LogP contribution in [0.1, 0.15) is 27.0 Å². The van der Waals surface area contributed by atoms with Gasteiger partial charge in [-0.1, -0.05) is 40.9 Å². The van der Waals surface area contributed by atoms with Crippen LogP contribution in [0.25, 0.3) is 0 Å². The Hall–Kier alpha value is -1.58. The van der Waals surface area contributed by atoms with Gasteiger partial charge in [-0.05, 0) is 54.9 Å². The minimum atomic E-state index is -1.85. The van der Waals surface area contributed by atoms with E-state index in [0.717, 1.165) is 0 Å². The highest BCUT2D eigenvalue weighted by atomic mass is 35.6. The Labute approximate surface area is 186 Å². The molecular weight excluding hydrogens is 465 g/mol. The second kappa shape index (κ2) is 10.3. The minimum absolute atomic E-state index is 0.117. The Morgan fingerprint density at radius 1 is 1.18 bits per heavy atom. The number of halogens is 3. The van der Waals surface area contributed by atoms with Crippen LogP contribution in [0.15, 0.2) is 41.8 Å². The molecule has 0 saturated carbocycles. The molecule has 0 bridgehead atoms. The van der Waals surface area contributed by atoms with Crippen molar-refractivity contribution in [1.29, 1.82) is 0 Å². The first-order chi connectivity index (χ1) is 13.2. The van der Waals surface area contributed by atoms with Gasteiger partial charge in [0, 0.05) is 5.69 Å². The normalized spacial score (nSPS) is 12.0. The maximum absolute atomic E-state index is 12.2. The molecule has 2 rings (SSSR count). The fourth-order valence-corrected chi connectivity index (χ4v) is 3.20. The molecule has 150 valence electrons. The second-order valence-electron chi connectivity index (χ2n) is 5.32. The number of thiophene rings is 1. The summed E-state index contributed by atoms with van der Waals surface area (Å²) in [6, 6.07) is 9.87. The number of alkyl halides is 3. The molecule has 11 heteroatoms. The van der Waals surface area contributed by atoms with Gasteiger partial charge in [-0.15, -0.1) is 11.3 Å². The van der Waals surface area contributed by atoms with Crippen molar-refractivity contribution in [2.24, 2.45) is 0 Å². The van der Waals surface area contributed by atoms with Crippen LogP contribution >= 0.6 is 58.4 Å². The van der Waals surface area contributed by atoms with E-state index in [1.807, 2.05) is 0 Å². The Morgan fingerprint density at radius 3 is 2.39 bits per heavy atom. The summed E-state index contributed by atoms with van der Waals surface area (Å²) in [7, 11) is 0. The lowest BCUT2D eigenvalue weighted by atomic mass is 10.2. The summed E-state index contributed by atoms with van der Waals surface area (Å²) in [6.07, 6.45) is -1.08. The number of hydrogen-bond donors (Lipinski definition) is 3. The molecule has 0 saturated heterocycles. The summed E-state index contributed by atoms with van der Waals surface area (Å²) < 4.78 is 3.07. The monoisotopic (exact) mass is 479 g/mol. The SMILES string of the molecule is CCOC(=O)c1ccc(NC(=S)NC(NC(=O)c2cccs2)C(Cl)(Cl)Cl)cc1. The summed E-state index contributed by atoms with van der Waals surface area (Å²) in [5, 5.41) is 10.1. The number of carbonyl (C=O) groups is 2. The van der Waals surface area contributed by atoms with E-state index in [0.29, 0.717) is 22.7 Å². The standard InChI is InChI=1S/C17H16Cl3N3O3S2/c1-2-26-14(25)10-5-7-11(8-6-10)21-16(27)23-15(17(18,19)20)22-13(24)12-4-3-9-28-12/h3-9,15H,2H2,1H3,(H,22,24)(H2,21,23,27). The topological polar surface area (TPSA) is 79.5 Å². The van der Waals surface area contributed by atoms with Crippen LogP contribution in [0.5, 0.6) is 0 Å². The van der Waals surface area contributed by atoms with E-state index >= 15 is 0 Å². The van der Waals surface area contributed by atoms with Gasteiger partial charge in [0.15, 0.2) is 5.11 Å². The maximum atomic E-state index is 12.2. The predicted molar refractivity (Wildman–Crippen MR) is 118 cm³/mol. The summed E-state index contributed by atoms with van der Waals surface area (Å²) in [5.41, 5.74) is 1.01. The van der Waals surface area contributed by atoms with Crippen molar-refractivity contribution in [2.75, 3.05) is 11.9 Å². The molecule has 1 aromatic heterocycles. The average Bonchev–Trinajstić information content (AvgIpc) is 3.16. The Morgan fingerprint density at radius 2 is 1.86 bits per heavy atom. The molecule has 1 aromatic carbocycles. The average molecular weight is 481 g/mol.